The summed E-state index contributed by atoms with van der Waals surface area (Å²) in [6.07, 6.45) is 0. The van der Waals surface area contributed by atoms with E-state index in [2.05, 4.69) is 0 Å². The van der Waals surface area contributed by atoms with Gasteiger partial charge < -0.3 is 10.5 Å². The Morgan fingerprint density at radius 3 is 2.44 bits per heavy atom. The fourth-order valence-electron chi connectivity index (χ4n) is 4.18. The molecule has 7 heteroatoms. The molecule has 0 aliphatic carbocycles. The second-order valence-corrected chi connectivity index (χ2v) is 7.70. The normalized spacial score (nSPS) is 15.2. The number of hydrogen-bond acceptors (Lipinski definition) is 4. The summed E-state index contributed by atoms with van der Waals surface area (Å²) in [6.45, 7) is 0. The van der Waals surface area contributed by atoms with Crippen LogP contribution in [0.2, 0.25) is 5.02 Å². The van der Waals surface area contributed by atoms with Gasteiger partial charge in [0.25, 0.3) is 5.56 Å². The summed E-state index contributed by atoms with van der Waals surface area (Å²) in [5.74, 6) is -1.76. The number of para-hydroxylation sites is 2. The average Bonchev–Trinajstić information content (AvgIpc) is 2.79. The van der Waals surface area contributed by atoms with E-state index in [-0.39, 0.29) is 33.4 Å². The standard InChI is InChI=1S/C25H15ClFN3O2/c26-17-10-6-11-18(27)21(17)20-16(13-28)24(29)32-23-15-9-4-5-12-19(15)30(25(31)22(20)23)14-7-2-1-3-8-14/h1-12,20H,29H2. The van der Waals surface area contributed by atoms with E-state index in [0.717, 1.165) is 0 Å². The van der Waals surface area contributed by atoms with Crippen molar-refractivity contribution in [3.63, 3.8) is 0 Å². The molecule has 3 aromatic carbocycles. The van der Waals surface area contributed by atoms with Gasteiger partial charge in [0.05, 0.1) is 17.0 Å². The zero-order valence-electron chi connectivity index (χ0n) is 16.5. The maximum Gasteiger partial charge on any atom is 0.263 e. The maximum atomic E-state index is 15.0. The molecule has 0 bridgehead atoms. The van der Waals surface area contributed by atoms with Crippen LogP contribution in [0.5, 0.6) is 5.75 Å². The number of halogens is 2. The molecule has 0 fully saturated rings. The second kappa shape index (κ2) is 7.56. The fourth-order valence-corrected chi connectivity index (χ4v) is 4.45. The minimum atomic E-state index is -1.12. The molecule has 0 amide bonds. The number of nitriles is 1. The number of hydrogen-bond donors (Lipinski definition) is 1. The van der Waals surface area contributed by atoms with E-state index in [1.165, 1.54) is 22.8 Å². The summed E-state index contributed by atoms with van der Waals surface area (Å²) in [7, 11) is 0. The molecule has 0 saturated heterocycles. The third-order valence-corrected chi connectivity index (χ3v) is 5.88. The van der Waals surface area contributed by atoms with E-state index in [4.69, 9.17) is 22.1 Å². The number of benzene rings is 3. The van der Waals surface area contributed by atoms with Crippen LogP contribution in [0.4, 0.5) is 4.39 Å². The molecule has 2 heterocycles. The number of aromatic nitrogens is 1. The van der Waals surface area contributed by atoms with Crippen molar-refractivity contribution in [3.8, 4) is 17.5 Å². The molecule has 1 atom stereocenters. The van der Waals surface area contributed by atoms with Crippen LogP contribution in [0.1, 0.15) is 17.0 Å². The number of allylic oxidation sites excluding steroid dienone is 1. The zero-order valence-corrected chi connectivity index (χ0v) is 17.3. The number of pyridine rings is 1. The van der Waals surface area contributed by atoms with E-state index in [0.29, 0.717) is 16.6 Å². The van der Waals surface area contributed by atoms with Crippen molar-refractivity contribution >= 4 is 22.5 Å². The predicted octanol–water partition coefficient (Wildman–Crippen LogP) is 5.00. The number of nitrogens with zero attached hydrogens (tertiary/aromatic N) is 2. The highest BCUT2D eigenvalue weighted by Gasteiger charge is 2.38. The minimum absolute atomic E-state index is 0.00482. The summed E-state index contributed by atoms with van der Waals surface area (Å²) in [4.78, 5) is 13.9. The molecule has 0 radical (unpaired) electrons. The molecule has 1 unspecified atom stereocenters. The molecule has 1 aliphatic rings. The number of ether oxygens (including phenoxy) is 1. The third kappa shape index (κ3) is 2.87. The van der Waals surface area contributed by atoms with Crippen LogP contribution in [0.15, 0.2) is 89.0 Å². The van der Waals surface area contributed by atoms with Crippen LogP contribution < -0.4 is 16.0 Å². The molecular formula is C25H15ClFN3O2. The van der Waals surface area contributed by atoms with Crippen LogP contribution in [0.3, 0.4) is 0 Å². The Kier molecular flexibility index (Phi) is 4.69. The Balaban J connectivity index is 1.97. The van der Waals surface area contributed by atoms with Gasteiger partial charge >= 0.3 is 0 Å². The van der Waals surface area contributed by atoms with Crippen LogP contribution in [0, 0.1) is 17.1 Å². The maximum absolute atomic E-state index is 15.0. The highest BCUT2D eigenvalue weighted by atomic mass is 35.5. The van der Waals surface area contributed by atoms with E-state index in [9.17, 15) is 10.1 Å². The molecule has 156 valence electrons. The number of nitrogens with two attached hydrogens (primary N) is 1. The van der Waals surface area contributed by atoms with Crippen molar-refractivity contribution < 1.29 is 9.13 Å². The van der Waals surface area contributed by atoms with Crippen molar-refractivity contribution in [1.82, 2.24) is 4.57 Å². The van der Waals surface area contributed by atoms with Crippen molar-refractivity contribution in [2.45, 2.75) is 5.92 Å². The third-order valence-electron chi connectivity index (χ3n) is 5.55. The van der Waals surface area contributed by atoms with Gasteiger partial charge in [0.1, 0.15) is 23.2 Å². The average molecular weight is 444 g/mol. The molecule has 5 nitrogen and oxygen atoms in total. The second-order valence-electron chi connectivity index (χ2n) is 7.30. The first-order valence-electron chi connectivity index (χ1n) is 9.77. The van der Waals surface area contributed by atoms with Gasteiger partial charge in [-0.2, -0.15) is 5.26 Å². The van der Waals surface area contributed by atoms with Crippen LogP contribution in [-0.2, 0) is 0 Å². The van der Waals surface area contributed by atoms with Crippen LogP contribution in [0.25, 0.3) is 16.6 Å². The monoisotopic (exact) mass is 443 g/mol. The fraction of sp³-hybridized carbons (Fsp3) is 0.0400. The summed E-state index contributed by atoms with van der Waals surface area (Å²) in [5.41, 5.74) is 6.88. The minimum Gasteiger partial charge on any atom is -0.439 e. The first-order chi connectivity index (χ1) is 15.5. The molecule has 32 heavy (non-hydrogen) atoms. The van der Waals surface area contributed by atoms with E-state index in [1.807, 2.05) is 30.3 Å². The van der Waals surface area contributed by atoms with Gasteiger partial charge in [0.15, 0.2) is 0 Å². The van der Waals surface area contributed by atoms with Gasteiger partial charge in [-0.05, 0) is 36.4 Å². The highest BCUT2D eigenvalue weighted by molar-refractivity contribution is 6.31. The van der Waals surface area contributed by atoms with Gasteiger partial charge in [-0.3, -0.25) is 9.36 Å². The number of fused-ring (bicyclic) bond motifs is 3. The molecule has 2 N–H and O–H groups in total. The molecule has 5 rings (SSSR count). The van der Waals surface area contributed by atoms with Crippen LogP contribution >= 0.6 is 11.6 Å². The SMILES string of the molecule is N#CC1=C(N)Oc2c(c(=O)n(-c3ccccc3)c3ccccc23)C1c1c(F)cccc1Cl. The lowest BCUT2D eigenvalue weighted by atomic mass is 9.83. The summed E-state index contributed by atoms with van der Waals surface area (Å²) in [5, 5.41) is 10.5. The van der Waals surface area contributed by atoms with Gasteiger partial charge in [-0.25, -0.2) is 4.39 Å². The lowest BCUT2D eigenvalue weighted by Crippen LogP contribution is -2.32. The van der Waals surface area contributed by atoms with Crippen molar-refractivity contribution in [2.24, 2.45) is 5.73 Å². The van der Waals surface area contributed by atoms with Gasteiger partial charge in [-0.15, -0.1) is 0 Å². The Morgan fingerprint density at radius 1 is 1.00 bits per heavy atom. The first-order valence-corrected chi connectivity index (χ1v) is 10.1. The molecule has 1 aromatic heterocycles. The Bertz CT molecular complexity index is 1500. The predicted molar refractivity (Wildman–Crippen MR) is 120 cm³/mol. The molecular weight excluding hydrogens is 429 g/mol. The van der Waals surface area contributed by atoms with Crippen molar-refractivity contribution in [1.29, 1.82) is 5.26 Å². The van der Waals surface area contributed by atoms with Crippen LogP contribution in [-0.4, -0.2) is 4.57 Å². The van der Waals surface area contributed by atoms with Crippen molar-refractivity contribution in [3.05, 3.63) is 117 Å². The Morgan fingerprint density at radius 2 is 1.72 bits per heavy atom. The lowest BCUT2D eigenvalue weighted by Gasteiger charge is -2.28. The van der Waals surface area contributed by atoms with E-state index >= 15 is 4.39 Å². The Labute approximate surface area is 187 Å². The Hall–Kier alpha value is -4.08. The molecule has 0 spiro atoms. The topological polar surface area (TPSA) is 81.0 Å². The quantitative estimate of drug-likeness (QED) is 0.472. The molecule has 0 saturated carbocycles. The lowest BCUT2D eigenvalue weighted by molar-refractivity contribution is 0.395. The zero-order chi connectivity index (χ0) is 22.4. The summed E-state index contributed by atoms with van der Waals surface area (Å²) in [6, 6.07) is 22.5. The van der Waals surface area contributed by atoms with Gasteiger partial charge in [-0.1, -0.05) is 48.0 Å². The molecule has 4 aromatic rings. The first kappa shape index (κ1) is 19.9. The summed E-state index contributed by atoms with van der Waals surface area (Å²) >= 11 is 6.36. The van der Waals surface area contributed by atoms with Gasteiger partial charge in [0.2, 0.25) is 5.88 Å². The van der Waals surface area contributed by atoms with Gasteiger partial charge in [0, 0.05) is 21.7 Å². The smallest absolute Gasteiger partial charge is 0.263 e. The largest absolute Gasteiger partial charge is 0.439 e. The van der Waals surface area contributed by atoms with E-state index in [1.54, 1.807) is 30.3 Å². The van der Waals surface area contributed by atoms with Crippen molar-refractivity contribution in [2.75, 3.05) is 0 Å². The number of rotatable bonds is 2. The molecule has 1 aliphatic heterocycles. The highest BCUT2D eigenvalue weighted by Crippen LogP contribution is 2.46. The summed E-state index contributed by atoms with van der Waals surface area (Å²) < 4.78 is 22.4. The van der Waals surface area contributed by atoms with E-state index < -0.39 is 17.3 Å².